The molecule has 2 aromatic rings. The van der Waals surface area contributed by atoms with Gasteiger partial charge in [0, 0.05) is 12.4 Å². The molecule has 2 N–H and O–H groups in total. The molecule has 0 aliphatic heterocycles. The van der Waals surface area contributed by atoms with Crippen molar-refractivity contribution in [3.63, 3.8) is 0 Å². The summed E-state index contributed by atoms with van der Waals surface area (Å²) in [5.74, 6) is -0.596. The molecular weight excluding hydrogens is 332 g/mol. The number of alkyl halides is 2. The number of hydrogen-bond donors (Lipinski definition) is 2. The first-order valence-electron chi connectivity index (χ1n) is 6.37. The summed E-state index contributed by atoms with van der Waals surface area (Å²) in [4.78, 5) is 15.2. The van der Waals surface area contributed by atoms with Gasteiger partial charge in [0.15, 0.2) is 0 Å². The van der Waals surface area contributed by atoms with Crippen molar-refractivity contribution >= 4 is 21.6 Å². The van der Waals surface area contributed by atoms with Gasteiger partial charge in [-0.1, -0.05) is 0 Å². The molecule has 23 heavy (non-hydrogen) atoms. The van der Waals surface area contributed by atoms with Crippen molar-refractivity contribution in [2.24, 2.45) is 0 Å². The number of sulfonamides is 1. The first-order valence-corrected chi connectivity index (χ1v) is 7.85. The van der Waals surface area contributed by atoms with Crippen LogP contribution in [0.3, 0.4) is 0 Å². The number of nitrogens with zero attached hydrogens (tertiary/aromatic N) is 3. The largest absolute Gasteiger partial charge is 0.324 e. The van der Waals surface area contributed by atoms with E-state index in [1.165, 1.54) is 12.4 Å². The van der Waals surface area contributed by atoms with Crippen molar-refractivity contribution in [3.05, 3.63) is 36.9 Å². The summed E-state index contributed by atoms with van der Waals surface area (Å²) in [6.45, 7) is -1.23. The average Bonchev–Trinajstić information content (AvgIpc) is 2.95. The molecule has 0 fully saturated rings. The number of carbonyl (C=O) groups excluding carboxylic acids is 1. The Balaban J connectivity index is 1.93. The van der Waals surface area contributed by atoms with E-state index in [4.69, 9.17) is 0 Å². The lowest BCUT2D eigenvalue weighted by Crippen LogP contribution is -2.32. The van der Waals surface area contributed by atoms with Gasteiger partial charge in [-0.15, -0.1) is 0 Å². The second-order valence-electron chi connectivity index (χ2n) is 4.40. The van der Waals surface area contributed by atoms with E-state index in [0.29, 0.717) is 5.69 Å². The minimum Gasteiger partial charge on any atom is -0.324 e. The standard InChI is InChI=1S/C12H13F2N5O3S/c13-11(14)8-19-7-10(5-16-19)23(21,22)17-6-12(20)18-9-2-1-3-15-4-9/h1-5,7,11,17H,6,8H2,(H,18,20). The van der Waals surface area contributed by atoms with E-state index in [2.05, 4.69) is 20.1 Å². The van der Waals surface area contributed by atoms with Crippen LogP contribution in [-0.4, -0.2) is 42.1 Å². The van der Waals surface area contributed by atoms with Crippen molar-refractivity contribution < 1.29 is 22.0 Å². The smallest absolute Gasteiger partial charge is 0.257 e. The van der Waals surface area contributed by atoms with Crippen molar-refractivity contribution in [2.45, 2.75) is 17.9 Å². The summed E-state index contributed by atoms with van der Waals surface area (Å²) in [5.41, 5.74) is 0.418. The fourth-order valence-corrected chi connectivity index (χ4v) is 2.54. The number of halogens is 2. The van der Waals surface area contributed by atoms with Crippen LogP contribution in [-0.2, 0) is 21.4 Å². The molecule has 0 aliphatic carbocycles. The highest BCUT2D eigenvalue weighted by Crippen LogP contribution is 2.08. The summed E-state index contributed by atoms with van der Waals surface area (Å²) < 4.78 is 51.2. The Labute approximate surface area is 130 Å². The van der Waals surface area contributed by atoms with Gasteiger partial charge < -0.3 is 5.32 Å². The summed E-state index contributed by atoms with van der Waals surface area (Å²) in [7, 11) is -4.02. The molecule has 2 heterocycles. The van der Waals surface area contributed by atoms with Gasteiger partial charge in [-0.3, -0.25) is 14.5 Å². The predicted octanol–water partition coefficient (Wildman–Crippen LogP) is 0.460. The molecule has 2 aromatic heterocycles. The van der Waals surface area contributed by atoms with Gasteiger partial charge in [-0.25, -0.2) is 21.9 Å². The minimum absolute atomic E-state index is 0.299. The molecule has 0 aromatic carbocycles. The van der Waals surface area contributed by atoms with Crippen LogP contribution in [0.2, 0.25) is 0 Å². The van der Waals surface area contributed by atoms with Crippen LogP contribution in [0.15, 0.2) is 41.8 Å². The molecule has 0 saturated heterocycles. The van der Waals surface area contributed by atoms with Gasteiger partial charge in [0.1, 0.15) is 11.4 Å². The van der Waals surface area contributed by atoms with E-state index in [1.54, 1.807) is 12.1 Å². The Morgan fingerprint density at radius 2 is 2.13 bits per heavy atom. The monoisotopic (exact) mass is 345 g/mol. The Morgan fingerprint density at radius 3 is 2.78 bits per heavy atom. The second-order valence-corrected chi connectivity index (χ2v) is 6.17. The van der Waals surface area contributed by atoms with E-state index >= 15 is 0 Å². The van der Waals surface area contributed by atoms with Crippen LogP contribution in [0.25, 0.3) is 0 Å². The fraction of sp³-hybridized carbons (Fsp3) is 0.250. The third-order valence-corrected chi connectivity index (χ3v) is 3.97. The number of aromatic nitrogens is 3. The lowest BCUT2D eigenvalue weighted by Gasteiger charge is -2.06. The molecule has 0 aliphatic rings. The third kappa shape index (κ3) is 5.07. The van der Waals surface area contributed by atoms with Crippen LogP contribution in [0.5, 0.6) is 0 Å². The molecule has 0 spiro atoms. The molecule has 0 bridgehead atoms. The average molecular weight is 345 g/mol. The normalized spacial score (nSPS) is 11.6. The van der Waals surface area contributed by atoms with Gasteiger partial charge in [-0.2, -0.15) is 5.10 Å². The van der Waals surface area contributed by atoms with E-state index in [-0.39, 0.29) is 4.90 Å². The topological polar surface area (TPSA) is 106 Å². The van der Waals surface area contributed by atoms with Gasteiger partial charge in [0.05, 0.1) is 24.6 Å². The lowest BCUT2D eigenvalue weighted by atomic mass is 10.4. The molecule has 2 rings (SSSR count). The highest BCUT2D eigenvalue weighted by Gasteiger charge is 2.18. The van der Waals surface area contributed by atoms with Crippen LogP contribution >= 0.6 is 0 Å². The zero-order valence-electron chi connectivity index (χ0n) is 11.7. The van der Waals surface area contributed by atoms with Gasteiger partial charge in [0.25, 0.3) is 6.43 Å². The van der Waals surface area contributed by atoms with Crippen molar-refractivity contribution in [3.8, 4) is 0 Å². The number of carbonyl (C=O) groups is 1. The van der Waals surface area contributed by atoms with E-state index in [9.17, 15) is 22.0 Å². The lowest BCUT2D eigenvalue weighted by molar-refractivity contribution is -0.115. The van der Waals surface area contributed by atoms with Crippen LogP contribution in [0.1, 0.15) is 0 Å². The SMILES string of the molecule is O=C(CNS(=O)(=O)c1cnn(CC(F)F)c1)Nc1cccnc1. The van der Waals surface area contributed by atoms with E-state index in [0.717, 1.165) is 17.1 Å². The van der Waals surface area contributed by atoms with Crippen molar-refractivity contribution in [1.29, 1.82) is 0 Å². The maximum atomic E-state index is 12.2. The molecule has 0 unspecified atom stereocenters. The maximum absolute atomic E-state index is 12.2. The zero-order chi connectivity index (χ0) is 16.9. The summed E-state index contributed by atoms with van der Waals surface area (Å²) in [6, 6.07) is 3.20. The Morgan fingerprint density at radius 1 is 1.35 bits per heavy atom. The van der Waals surface area contributed by atoms with Crippen molar-refractivity contribution in [2.75, 3.05) is 11.9 Å². The Kier molecular flexibility index (Phi) is 5.34. The quantitative estimate of drug-likeness (QED) is 0.758. The number of amides is 1. The summed E-state index contributed by atoms with van der Waals surface area (Å²) in [5, 5.41) is 5.98. The highest BCUT2D eigenvalue weighted by molar-refractivity contribution is 7.89. The second kappa shape index (κ2) is 7.24. The number of anilines is 1. The van der Waals surface area contributed by atoms with Gasteiger partial charge in [0.2, 0.25) is 15.9 Å². The molecule has 0 radical (unpaired) electrons. The number of rotatable bonds is 7. The Hall–Kier alpha value is -2.40. The van der Waals surface area contributed by atoms with E-state index < -0.39 is 35.4 Å². The fourth-order valence-electron chi connectivity index (χ4n) is 1.61. The van der Waals surface area contributed by atoms with Gasteiger partial charge >= 0.3 is 0 Å². The summed E-state index contributed by atoms with van der Waals surface area (Å²) in [6.07, 6.45) is 2.18. The molecule has 0 saturated carbocycles. The van der Waals surface area contributed by atoms with Crippen LogP contribution in [0.4, 0.5) is 14.5 Å². The molecular formula is C12H13F2N5O3S. The van der Waals surface area contributed by atoms with Crippen molar-refractivity contribution in [1.82, 2.24) is 19.5 Å². The van der Waals surface area contributed by atoms with Crippen LogP contribution < -0.4 is 10.0 Å². The third-order valence-electron chi connectivity index (χ3n) is 2.61. The molecule has 1 amide bonds. The molecule has 11 heteroatoms. The van der Waals surface area contributed by atoms with Gasteiger partial charge in [-0.05, 0) is 12.1 Å². The number of pyridine rings is 1. The summed E-state index contributed by atoms with van der Waals surface area (Å²) >= 11 is 0. The predicted molar refractivity (Wildman–Crippen MR) is 76.3 cm³/mol. The number of nitrogens with one attached hydrogen (secondary N) is 2. The first kappa shape index (κ1) is 17.0. The number of hydrogen-bond acceptors (Lipinski definition) is 5. The molecule has 124 valence electrons. The zero-order valence-corrected chi connectivity index (χ0v) is 12.5. The maximum Gasteiger partial charge on any atom is 0.257 e. The molecule has 0 atom stereocenters. The molecule has 8 nitrogen and oxygen atoms in total. The van der Waals surface area contributed by atoms with E-state index in [1.807, 2.05) is 0 Å². The first-order chi connectivity index (χ1) is 10.9. The van der Waals surface area contributed by atoms with Crippen LogP contribution in [0, 0.1) is 0 Å². The minimum atomic E-state index is -4.02. The Bertz CT molecular complexity index is 764. The highest BCUT2D eigenvalue weighted by atomic mass is 32.2.